The summed E-state index contributed by atoms with van der Waals surface area (Å²) in [6.07, 6.45) is 3.73. The van der Waals surface area contributed by atoms with Crippen LogP contribution in [0, 0.1) is 6.92 Å². The van der Waals surface area contributed by atoms with E-state index in [-0.39, 0.29) is 0 Å². The lowest BCUT2D eigenvalue weighted by Crippen LogP contribution is -2.12. The Morgan fingerprint density at radius 3 is 2.38 bits per heavy atom. The van der Waals surface area contributed by atoms with Gasteiger partial charge in [-0.1, -0.05) is 25.9 Å². The molecule has 0 saturated carbocycles. The zero-order valence-electron chi connectivity index (χ0n) is 19.4. The normalized spacial score (nSPS) is 11.7. The van der Waals surface area contributed by atoms with Crippen LogP contribution in [0.25, 0.3) is 22.8 Å². The van der Waals surface area contributed by atoms with Gasteiger partial charge in [-0.25, -0.2) is 13.4 Å². The lowest BCUT2D eigenvalue weighted by Gasteiger charge is -2.14. The molecule has 1 N–H and O–H groups in total. The molecule has 9 heteroatoms. The summed E-state index contributed by atoms with van der Waals surface area (Å²) in [5.41, 5.74) is 4.69. The number of nitrogens with one attached hydrogen (secondary N) is 1. The molecule has 2 heterocycles. The van der Waals surface area contributed by atoms with Gasteiger partial charge in [0, 0.05) is 28.8 Å². The third kappa shape index (κ3) is 5.27. The molecular weight excluding hydrogens is 428 g/mol. The summed E-state index contributed by atoms with van der Waals surface area (Å²) in [5.74, 6) is 1.63. The number of hydrogen-bond acceptors (Lipinski definition) is 7. The van der Waals surface area contributed by atoms with Crippen LogP contribution in [0.2, 0.25) is 0 Å². The topological polar surface area (TPSA) is 107 Å². The molecule has 0 aliphatic heterocycles. The Hall–Kier alpha value is -2.94. The average Bonchev–Trinajstić information content (AvgIpc) is 3.25. The molecule has 8 nitrogen and oxygen atoms in total. The Kier molecular flexibility index (Phi) is 7.18. The summed E-state index contributed by atoms with van der Waals surface area (Å²) < 4.78 is 37.1. The number of methoxy groups -OCH3 is 1. The van der Waals surface area contributed by atoms with Crippen LogP contribution in [0.15, 0.2) is 28.8 Å². The fraction of sp³-hybridized carbons (Fsp3) is 0.435. The quantitative estimate of drug-likeness (QED) is 0.483. The minimum Gasteiger partial charge on any atom is -0.481 e. The molecule has 3 rings (SSSR count). The molecule has 0 atom stereocenters. The maximum absolute atomic E-state index is 11.7. The van der Waals surface area contributed by atoms with E-state index in [1.54, 1.807) is 13.2 Å². The first kappa shape index (κ1) is 23.7. The Labute approximate surface area is 189 Å². The van der Waals surface area contributed by atoms with Crippen LogP contribution in [0.1, 0.15) is 56.4 Å². The number of sulfonamides is 1. The third-order valence-corrected chi connectivity index (χ3v) is 6.03. The van der Waals surface area contributed by atoms with E-state index in [1.165, 1.54) is 0 Å². The van der Waals surface area contributed by atoms with Gasteiger partial charge in [0.1, 0.15) is 0 Å². The molecule has 0 amide bonds. The van der Waals surface area contributed by atoms with Crippen molar-refractivity contribution < 1.29 is 17.7 Å². The van der Waals surface area contributed by atoms with E-state index in [2.05, 4.69) is 33.7 Å². The molecule has 0 unspecified atom stereocenters. The number of nitrogens with zero attached hydrogens (tertiary/aromatic N) is 3. The van der Waals surface area contributed by atoms with Crippen molar-refractivity contribution in [3.8, 4) is 28.7 Å². The molecule has 0 bridgehead atoms. The maximum Gasteiger partial charge on any atom is 0.258 e. The first-order valence-electron chi connectivity index (χ1n) is 10.7. The molecular formula is C23H30N4O4S. The van der Waals surface area contributed by atoms with Crippen LogP contribution in [0.3, 0.4) is 0 Å². The van der Waals surface area contributed by atoms with Gasteiger partial charge in [0.2, 0.25) is 21.7 Å². The lowest BCUT2D eigenvalue weighted by atomic mass is 9.97. The fourth-order valence-corrected chi connectivity index (χ4v) is 4.39. The molecule has 2 aromatic heterocycles. The van der Waals surface area contributed by atoms with E-state index >= 15 is 0 Å². The standard InChI is InChI=1S/C23H30N4O4S/c1-7-15(8-2)19-12-18(13-20(24-19)30-5)23-25-22(26-31-23)17-10-14(4)21(16(9-3)11-17)27-32(6,28)29/h10-13,15,27H,7-9H2,1-6H3. The van der Waals surface area contributed by atoms with E-state index in [0.717, 1.165) is 47.0 Å². The van der Waals surface area contributed by atoms with Crippen molar-refractivity contribution >= 4 is 15.7 Å². The average molecular weight is 459 g/mol. The van der Waals surface area contributed by atoms with Gasteiger partial charge in [-0.05, 0) is 55.5 Å². The van der Waals surface area contributed by atoms with Crippen LogP contribution >= 0.6 is 0 Å². The van der Waals surface area contributed by atoms with Crippen LogP contribution < -0.4 is 9.46 Å². The second-order valence-electron chi connectivity index (χ2n) is 7.81. The molecule has 32 heavy (non-hydrogen) atoms. The molecule has 0 aliphatic carbocycles. The number of aryl methyl sites for hydroxylation is 2. The second kappa shape index (κ2) is 9.68. The first-order valence-corrected chi connectivity index (χ1v) is 12.6. The highest BCUT2D eigenvalue weighted by molar-refractivity contribution is 7.92. The number of rotatable bonds is 9. The fourth-order valence-electron chi connectivity index (χ4n) is 3.73. The van der Waals surface area contributed by atoms with Gasteiger partial charge in [-0.2, -0.15) is 4.98 Å². The number of ether oxygens (including phenoxy) is 1. The highest BCUT2D eigenvalue weighted by Gasteiger charge is 2.18. The summed E-state index contributed by atoms with van der Waals surface area (Å²) in [5, 5.41) is 4.17. The Morgan fingerprint density at radius 2 is 1.78 bits per heavy atom. The maximum atomic E-state index is 11.7. The highest BCUT2D eigenvalue weighted by atomic mass is 32.2. The van der Waals surface area contributed by atoms with Crippen LogP contribution in [-0.4, -0.2) is 36.9 Å². The molecule has 0 saturated heterocycles. The van der Waals surface area contributed by atoms with Crippen molar-refractivity contribution in [2.24, 2.45) is 0 Å². The summed E-state index contributed by atoms with van der Waals surface area (Å²) in [7, 11) is -1.80. The predicted octanol–water partition coefficient (Wildman–Crippen LogP) is 4.95. The molecule has 172 valence electrons. The van der Waals surface area contributed by atoms with Crippen molar-refractivity contribution in [3.05, 3.63) is 41.1 Å². The lowest BCUT2D eigenvalue weighted by molar-refractivity contribution is 0.393. The third-order valence-electron chi connectivity index (χ3n) is 5.45. The monoisotopic (exact) mass is 458 g/mol. The van der Waals surface area contributed by atoms with E-state index < -0.39 is 10.0 Å². The number of aromatic nitrogens is 3. The molecule has 0 radical (unpaired) electrons. The Bertz CT molecular complexity index is 1200. The van der Waals surface area contributed by atoms with Crippen molar-refractivity contribution in [2.75, 3.05) is 18.1 Å². The van der Waals surface area contributed by atoms with E-state index in [1.807, 2.05) is 32.0 Å². The molecule has 0 spiro atoms. The van der Waals surface area contributed by atoms with E-state index in [0.29, 0.717) is 35.6 Å². The largest absolute Gasteiger partial charge is 0.481 e. The number of pyridine rings is 1. The van der Waals surface area contributed by atoms with Gasteiger partial charge < -0.3 is 9.26 Å². The number of hydrogen-bond donors (Lipinski definition) is 1. The SMILES string of the molecule is CCc1cc(-c2noc(-c3cc(OC)nc(C(CC)CC)c3)n2)cc(C)c1NS(C)(=O)=O. The van der Waals surface area contributed by atoms with Crippen LogP contribution in [-0.2, 0) is 16.4 Å². The smallest absolute Gasteiger partial charge is 0.258 e. The van der Waals surface area contributed by atoms with Crippen LogP contribution in [0.4, 0.5) is 5.69 Å². The van der Waals surface area contributed by atoms with Gasteiger partial charge in [-0.15, -0.1) is 0 Å². The predicted molar refractivity (Wildman–Crippen MR) is 125 cm³/mol. The van der Waals surface area contributed by atoms with Gasteiger partial charge in [0.25, 0.3) is 5.89 Å². The zero-order chi connectivity index (χ0) is 23.5. The molecule has 1 aromatic carbocycles. The van der Waals surface area contributed by atoms with Gasteiger partial charge in [0.15, 0.2) is 0 Å². The number of anilines is 1. The van der Waals surface area contributed by atoms with Crippen molar-refractivity contribution in [1.82, 2.24) is 15.1 Å². The second-order valence-corrected chi connectivity index (χ2v) is 9.56. The number of benzene rings is 1. The van der Waals surface area contributed by atoms with Gasteiger partial charge >= 0.3 is 0 Å². The minimum absolute atomic E-state index is 0.316. The van der Waals surface area contributed by atoms with Crippen molar-refractivity contribution in [1.29, 1.82) is 0 Å². The summed E-state index contributed by atoms with van der Waals surface area (Å²) in [6.45, 7) is 8.09. The Morgan fingerprint density at radius 1 is 1.06 bits per heavy atom. The van der Waals surface area contributed by atoms with Gasteiger partial charge in [-0.3, -0.25) is 4.72 Å². The Balaban J connectivity index is 2.02. The molecule has 3 aromatic rings. The van der Waals surface area contributed by atoms with E-state index in [4.69, 9.17) is 9.26 Å². The van der Waals surface area contributed by atoms with Crippen LogP contribution in [0.5, 0.6) is 5.88 Å². The summed E-state index contributed by atoms with van der Waals surface area (Å²) in [6, 6.07) is 7.49. The summed E-state index contributed by atoms with van der Waals surface area (Å²) >= 11 is 0. The first-order chi connectivity index (χ1) is 15.2. The zero-order valence-corrected chi connectivity index (χ0v) is 20.2. The minimum atomic E-state index is -3.38. The van der Waals surface area contributed by atoms with E-state index in [9.17, 15) is 8.42 Å². The van der Waals surface area contributed by atoms with Crippen molar-refractivity contribution in [2.45, 2.75) is 52.9 Å². The summed E-state index contributed by atoms with van der Waals surface area (Å²) in [4.78, 5) is 9.19. The molecule has 0 fully saturated rings. The van der Waals surface area contributed by atoms with Gasteiger partial charge in [0.05, 0.1) is 19.1 Å². The molecule has 0 aliphatic rings. The van der Waals surface area contributed by atoms with Crippen molar-refractivity contribution in [3.63, 3.8) is 0 Å². The highest BCUT2D eigenvalue weighted by Crippen LogP contribution is 2.32.